The largest absolute Gasteiger partial charge is 0.296 e. The van der Waals surface area contributed by atoms with Crippen molar-refractivity contribution in [1.82, 2.24) is 20.2 Å². The van der Waals surface area contributed by atoms with E-state index in [0.29, 0.717) is 6.04 Å². The molecule has 0 aliphatic carbocycles. The van der Waals surface area contributed by atoms with Gasteiger partial charge >= 0.3 is 0 Å². The predicted molar refractivity (Wildman–Crippen MR) is 110 cm³/mol. The SMILES string of the molecule is CCn1nc(C)c(CCN2CCCC2c2ccc(/C=C/C(=O)NO)cc2)c1C. The number of rotatable bonds is 7. The second-order valence-electron chi connectivity index (χ2n) is 7.39. The van der Waals surface area contributed by atoms with E-state index in [4.69, 9.17) is 5.21 Å². The molecule has 6 heteroatoms. The molecule has 0 saturated carbocycles. The Labute approximate surface area is 166 Å². The summed E-state index contributed by atoms with van der Waals surface area (Å²) in [7, 11) is 0. The summed E-state index contributed by atoms with van der Waals surface area (Å²) in [6.07, 6.45) is 6.44. The molecule has 1 fully saturated rings. The fourth-order valence-electron chi connectivity index (χ4n) is 4.17. The van der Waals surface area contributed by atoms with E-state index in [1.54, 1.807) is 11.6 Å². The maximum Gasteiger partial charge on any atom is 0.267 e. The number of carbonyl (C=O) groups excluding carboxylic acids is 1. The molecule has 0 radical (unpaired) electrons. The topological polar surface area (TPSA) is 70.4 Å². The molecule has 28 heavy (non-hydrogen) atoms. The lowest BCUT2D eigenvalue weighted by molar-refractivity contribution is -0.124. The number of aryl methyl sites for hydroxylation is 2. The number of likely N-dealkylation sites (tertiary alicyclic amines) is 1. The van der Waals surface area contributed by atoms with Crippen LogP contribution in [0, 0.1) is 13.8 Å². The van der Waals surface area contributed by atoms with E-state index >= 15 is 0 Å². The van der Waals surface area contributed by atoms with Crippen LogP contribution in [0.4, 0.5) is 0 Å². The van der Waals surface area contributed by atoms with Gasteiger partial charge in [0.25, 0.3) is 5.91 Å². The van der Waals surface area contributed by atoms with Gasteiger partial charge in [0.15, 0.2) is 0 Å². The van der Waals surface area contributed by atoms with Crippen LogP contribution in [0.3, 0.4) is 0 Å². The van der Waals surface area contributed by atoms with Crippen LogP contribution < -0.4 is 5.48 Å². The first-order valence-electron chi connectivity index (χ1n) is 10.0. The van der Waals surface area contributed by atoms with Crippen molar-refractivity contribution in [3.05, 3.63) is 58.4 Å². The summed E-state index contributed by atoms with van der Waals surface area (Å²) in [5, 5.41) is 13.2. The molecule has 2 heterocycles. The van der Waals surface area contributed by atoms with Gasteiger partial charge < -0.3 is 0 Å². The summed E-state index contributed by atoms with van der Waals surface area (Å²) >= 11 is 0. The molecular weight excluding hydrogens is 352 g/mol. The Morgan fingerprint density at radius 3 is 2.71 bits per heavy atom. The van der Waals surface area contributed by atoms with Gasteiger partial charge in [0.1, 0.15) is 0 Å². The fourth-order valence-corrected chi connectivity index (χ4v) is 4.17. The molecule has 1 aliphatic heterocycles. The standard InChI is InChI=1S/C22H30N4O2/c1-4-26-17(3)20(16(2)23-26)13-15-25-14-5-6-21(25)19-10-7-18(8-11-19)9-12-22(27)24-28/h7-12,21,28H,4-6,13-15H2,1-3H3,(H,24,27)/b12-9+. The molecular formula is C22H30N4O2. The van der Waals surface area contributed by atoms with Crippen molar-refractivity contribution < 1.29 is 10.0 Å². The van der Waals surface area contributed by atoms with Crippen LogP contribution in [0.15, 0.2) is 30.3 Å². The molecule has 0 bridgehead atoms. The molecule has 150 valence electrons. The van der Waals surface area contributed by atoms with E-state index in [1.165, 1.54) is 35.7 Å². The minimum absolute atomic E-state index is 0.445. The zero-order chi connectivity index (χ0) is 20.1. The lowest BCUT2D eigenvalue weighted by atomic mass is 10.0. The van der Waals surface area contributed by atoms with Gasteiger partial charge in [-0.2, -0.15) is 5.10 Å². The number of benzene rings is 1. The molecule has 3 rings (SSSR count). The van der Waals surface area contributed by atoms with Gasteiger partial charge in [0.05, 0.1) is 5.69 Å². The number of hydrogen-bond donors (Lipinski definition) is 2. The molecule has 1 aromatic carbocycles. The maximum atomic E-state index is 11.1. The van der Waals surface area contributed by atoms with Crippen LogP contribution in [-0.2, 0) is 17.8 Å². The Morgan fingerprint density at radius 2 is 2.07 bits per heavy atom. The minimum atomic E-state index is -0.525. The lowest BCUT2D eigenvalue weighted by Gasteiger charge is -2.25. The van der Waals surface area contributed by atoms with E-state index in [2.05, 4.69) is 47.6 Å². The lowest BCUT2D eigenvalue weighted by Crippen LogP contribution is -2.26. The quantitative estimate of drug-likeness (QED) is 0.437. The highest BCUT2D eigenvalue weighted by atomic mass is 16.5. The summed E-state index contributed by atoms with van der Waals surface area (Å²) in [4.78, 5) is 13.7. The minimum Gasteiger partial charge on any atom is -0.296 e. The number of hydrogen-bond acceptors (Lipinski definition) is 4. The number of carbonyl (C=O) groups is 1. The van der Waals surface area contributed by atoms with Crippen molar-refractivity contribution in [3.8, 4) is 0 Å². The Bertz CT molecular complexity index is 839. The third-order valence-electron chi connectivity index (χ3n) is 5.70. The van der Waals surface area contributed by atoms with E-state index in [0.717, 1.165) is 37.3 Å². The molecule has 1 aromatic heterocycles. The molecule has 1 atom stereocenters. The number of amides is 1. The molecule has 1 saturated heterocycles. The van der Waals surface area contributed by atoms with E-state index in [-0.39, 0.29) is 0 Å². The molecule has 1 unspecified atom stereocenters. The van der Waals surface area contributed by atoms with Crippen molar-refractivity contribution in [1.29, 1.82) is 0 Å². The van der Waals surface area contributed by atoms with Gasteiger partial charge in [-0.1, -0.05) is 24.3 Å². The zero-order valence-corrected chi connectivity index (χ0v) is 17.0. The van der Waals surface area contributed by atoms with Gasteiger partial charge in [0, 0.05) is 30.9 Å². The average Bonchev–Trinajstić information content (AvgIpc) is 3.29. The van der Waals surface area contributed by atoms with Crippen molar-refractivity contribution in [3.63, 3.8) is 0 Å². The first-order chi connectivity index (χ1) is 13.5. The van der Waals surface area contributed by atoms with Crippen molar-refractivity contribution in [2.75, 3.05) is 13.1 Å². The van der Waals surface area contributed by atoms with Gasteiger partial charge in [-0.15, -0.1) is 0 Å². The summed E-state index contributed by atoms with van der Waals surface area (Å²) in [5.74, 6) is -0.525. The van der Waals surface area contributed by atoms with E-state index in [9.17, 15) is 4.79 Å². The third-order valence-corrected chi connectivity index (χ3v) is 5.70. The second-order valence-corrected chi connectivity index (χ2v) is 7.39. The van der Waals surface area contributed by atoms with E-state index < -0.39 is 5.91 Å². The number of nitrogens with one attached hydrogen (secondary N) is 1. The maximum absolute atomic E-state index is 11.1. The average molecular weight is 383 g/mol. The second kappa shape index (κ2) is 9.17. The number of nitrogens with zero attached hydrogens (tertiary/aromatic N) is 3. The first-order valence-corrected chi connectivity index (χ1v) is 10.0. The van der Waals surface area contributed by atoms with Gasteiger partial charge in [-0.25, -0.2) is 5.48 Å². The first kappa shape index (κ1) is 20.3. The Kier molecular flexibility index (Phi) is 6.65. The van der Waals surface area contributed by atoms with Crippen LogP contribution >= 0.6 is 0 Å². The van der Waals surface area contributed by atoms with Crippen LogP contribution in [0.25, 0.3) is 6.08 Å². The van der Waals surface area contributed by atoms with E-state index in [1.807, 2.05) is 12.1 Å². The number of aromatic nitrogens is 2. The monoisotopic (exact) mass is 382 g/mol. The molecule has 1 amide bonds. The zero-order valence-electron chi connectivity index (χ0n) is 17.0. The molecule has 0 spiro atoms. The number of hydroxylamine groups is 1. The van der Waals surface area contributed by atoms with Crippen LogP contribution in [0.5, 0.6) is 0 Å². The molecule has 2 aromatic rings. The van der Waals surface area contributed by atoms with Crippen molar-refractivity contribution in [2.24, 2.45) is 0 Å². The summed E-state index contributed by atoms with van der Waals surface area (Å²) < 4.78 is 2.09. The highest BCUT2D eigenvalue weighted by molar-refractivity contribution is 5.90. The fraction of sp³-hybridized carbons (Fsp3) is 0.455. The van der Waals surface area contributed by atoms with Gasteiger partial charge in [-0.05, 0) is 69.3 Å². The van der Waals surface area contributed by atoms with Crippen LogP contribution in [-0.4, -0.2) is 38.9 Å². The summed E-state index contributed by atoms with van der Waals surface area (Å²) in [6, 6.07) is 8.77. The van der Waals surface area contributed by atoms with Gasteiger partial charge in [0.2, 0.25) is 0 Å². The summed E-state index contributed by atoms with van der Waals surface area (Å²) in [5.41, 5.74) is 7.68. The van der Waals surface area contributed by atoms with Crippen molar-refractivity contribution >= 4 is 12.0 Å². The highest BCUT2D eigenvalue weighted by Gasteiger charge is 2.26. The highest BCUT2D eigenvalue weighted by Crippen LogP contribution is 2.32. The molecule has 1 aliphatic rings. The molecule has 2 N–H and O–H groups in total. The van der Waals surface area contributed by atoms with Crippen LogP contribution in [0.1, 0.15) is 53.9 Å². The smallest absolute Gasteiger partial charge is 0.267 e. The predicted octanol–water partition coefficient (Wildman–Crippen LogP) is 3.42. The Balaban J connectivity index is 1.65. The third kappa shape index (κ3) is 4.51. The van der Waals surface area contributed by atoms with Crippen LogP contribution in [0.2, 0.25) is 0 Å². The molecule has 6 nitrogen and oxygen atoms in total. The normalized spacial score (nSPS) is 17.5. The van der Waals surface area contributed by atoms with Crippen molar-refractivity contribution in [2.45, 2.75) is 52.6 Å². The summed E-state index contributed by atoms with van der Waals surface area (Å²) in [6.45, 7) is 9.50. The van der Waals surface area contributed by atoms with Gasteiger partial charge in [-0.3, -0.25) is 19.6 Å². The Hall–Kier alpha value is -2.44. The Morgan fingerprint density at radius 1 is 1.32 bits per heavy atom.